The molecule has 5 nitrogen and oxygen atoms in total. The van der Waals surface area contributed by atoms with Crippen molar-refractivity contribution in [3.63, 3.8) is 0 Å². The van der Waals surface area contributed by atoms with Crippen LogP contribution in [0.1, 0.15) is 33.1 Å². The second-order valence-corrected chi connectivity index (χ2v) is 6.41. The number of hydrogen-bond donors (Lipinski definition) is 2. The van der Waals surface area contributed by atoms with Crippen molar-refractivity contribution in [2.75, 3.05) is 24.1 Å². The van der Waals surface area contributed by atoms with Crippen LogP contribution < -0.4 is 24.0 Å². The molecule has 7 heteroatoms. The summed E-state index contributed by atoms with van der Waals surface area (Å²) in [6.07, 6.45) is 2.14. The highest BCUT2D eigenvalue weighted by atomic mass is 127. The van der Waals surface area contributed by atoms with Crippen LogP contribution in [0, 0.1) is 5.41 Å². The molecular weight excluding hydrogens is 488 g/mol. The van der Waals surface area contributed by atoms with Crippen molar-refractivity contribution in [2.24, 2.45) is 5.41 Å². The molecule has 0 aromatic heterocycles. The molecule has 1 aliphatic rings. The molecule has 118 valence electrons. The van der Waals surface area contributed by atoms with Crippen LogP contribution in [0.25, 0.3) is 0 Å². The number of rotatable bonds is 7. The van der Waals surface area contributed by atoms with Gasteiger partial charge in [-0.25, -0.2) is 0 Å². The second kappa shape index (κ2) is 8.11. The standard InChI is InChI=1S/C13H22INO4.HI/c1-3-5-15(6-4-2)9-13(11(16)17,12(18)19)7-10(15)8-14;/h10H,3-9H2,1-2H3,(H-,16,17,18,19);1H. The van der Waals surface area contributed by atoms with Gasteiger partial charge in [-0.1, -0.05) is 36.4 Å². The largest absolute Gasteiger partial charge is 1.00 e. The summed E-state index contributed by atoms with van der Waals surface area (Å²) < 4.78 is 1.45. The lowest BCUT2D eigenvalue weighted by atomic mass is 9.86. The molecule has 1 saturated heterocycles. The minimum atomic E-state index is -1.60. The van der Waals surface area contributed by atoms with Gasteiger partial charge in [0.2, 0.25) is 5.41 Å². The fourth-order valence-corrected chi connectivity index (χ4v) is 4.60. The SMILES string of the molecule is CCC[N+]1(CCC)CC(C(=O)O)(C(=O)O)CC1CI.[I-]. The van der Waals surface area contributed by atoms with E-state index in [1.54, 1.807) is 0 Å². The predicted octanol–water partition coefficient (Wildman–Crippen LogP) is -1.01. The lowest BCUT2D eigenvalue weighted by molar-refractivity contribution is -0.938. The van der Waals surface area contributed by atoms with Gasteiger partial charge in [0, 0.05) is 6.42 Å². The number of hydrogen-bond acceptors (Lipinski definition) is 2. The average Bonchev–Trinajstić information content (AvgIpc) is 2.66. The molecule has 1 aliphatic heterocycles. The lowest BCUT2D eigenvalue weighted by Gasteiger charge is -2.39. The number of aliphatic carboxylic acids is 2. The maximum absolute atomic E-state index is 11.5. The number of carboxylic acid groups (broad SMARTS) is 2. The lowest BCUT2D eigenvalue weighted by Crippen LogP contribution is -3.00. The zero-order valence-corrected chi connectivity index (χ0v) is 16.3. The van der Waals surface area contributed by atoms with E-state index in [2.05, 4.69) is 36.4 Å². The summed E-state index contributed by atoms with van der Waals surface area (Å²) in [4.78, 5) is 23.1. The maximum atomic E-state index is 11.5. The highest BCUT2D eigenvalue weighted by Gasteiger charge is 2.62. The number of carbonyl (C=O) groups is 2. The normalized spacial score (nSPS) is 23.1. The minimum Gasteiger partial charge on any atom is -1.00 e. The number of halogens is 2. The van der Waals surface area contributed by atoms with Crippen LogP contribution >= 0.6 is 22.6 Å². The quantitative estimate of drug-likeness (QED) is 0.199. The molecule has 0 amide bonds. The van der Waals surface area contributed by atoms with Gasteiger partial charge < -0.3 is 38.7 Å². The summed E-state index contributed by atoms with van der Waals surface area (Å²) in [5.41, 5.74) is -1.60. The molecule has 1 heterocycles. The van der Waals surface area contributed by atoms with Crippen molar-refractivity contribution in [3.8, 4) is 0 Å². The highest BCUT2D eigenvalue weighted by Crippen LogP contribution is 2.42. The predicted molar refractivity (Wildman–Crippen MR) is 80.4 cm³/mol. The Labute approximate surface area is 150 Å². The molecule has 0 radical (unpaired) electrons. The van der Waals surface area contributed by atoms with E-state index in [-0.39, 0.29) is 43.0 Å². The van der Waals surface area contributed by atoms with Gasteiger partial charge >= 0.3 is 11.9 Å². The molecule has 0 saturated carbocycles. The third-order valence-electron chi connectivity index (χ3n) is 4.28. The highest BCUT2D eigenvalue weighted by molar-refractivity contribution is 14.1. The van der Waals surface area contributed by atoms with Gasteiger partial charge in [0.1, 0.15) is 12.6 Å². The van der Waals surface area contributed by atoms with E-state index in [4.69, 9.17) is 0 Å². The molecule has 1 rings (SSSR count). The van der Waals surface area contributed by atoms with E-state index in [9.17, 15) is 19.8 Å². The first-order valence-corrected chi connectivity index (χ1v) is 8.29. The van der Waals surface area contributed by atoms with Crippen LogP contribution in [0.4, 0.5) is 0 Å². The fourth-order valence-electron chi connectivity index (χ4n) is 3.46. The molecule has 20 heavy (non-hydrogen) atoms. The summed E-state index contributed by atoms with van der Waals surface area (Å²) in [7, 11) is 0. The van der Waals surface area contributed by atoms with Crippen molar-refractivity contribution in [3.05, 3.63) is 0 Å². The van der Waals surface area contributed by atoms with Crippen molar-refractivity contribution in [1.82, 2.24) is 0 Å². The van der Waals surface area contributed by atoms with Crippen LogP contribution in [0.5, 0.6) is 0 Å². The molecular formula is C13H23I2NO4. The van der Waals surface area contributed by atoms with Gasteiger partial charge in [0.25, 0.3) is 0 Å². The summed E-state index contributed by atoms with van der Waals surface area (Å²) in [6.45, 7) is 6.10. The third kappa shape index (κ3) is 3.57. The maximum Gasteiger partial charge on any atom is 0.327 e. The number of quaternary nitrogens is 1. The molecule has 0 aliphatic carbocycles. The van der Waals surface area contributed by atoms with Gasteiger partial charge in [-0.3, -0.25) is 9.59 Å². The topological polar surface area (TPSA) is 74.6 Å². The number of likely N-dealkylation sites (tertiary alicyclic amines) is 1. The summed E-state index contributed by atoms with van der Waals surface area (Å²) in [6, 6.07) is 0.132. The van der Waals surface area contributed by atoms with Crippen LogP contribution in [-0.2, 0) is 9.59 Å². The molecule has 0 aromatic rings. The first-order valence-electron chi connectivity index (χ1n) is 6.77. The van der Waals surface area contributed by atoms with Crippen LogP contribution in [0.2, 0.25) is 0 Å². The smallest absolute Gasteiger partial charge is 0.327 e. The number of nitrogens with zero attached hydrogens (tertiary/aromatic N) is 1. The fraction of sp³-hybridized carbons (Fsp3) is 0.846. The van der Waals surface area contributed by atoms with E-state index >= 15 is 0 Å². The van der Waals surface area contributed by atoms with E-state index in [1.165, 1.54) is 0 Å². The van der Waals surface area contributed by atoms with Crippen molar-refractivity contribution < 1.29 is 48.3 Å². The van der Waals surface area contributed by atoms with Crippen LogP contribution in [0.15, 0.2) is 0 Å². The molecule has 2 N–H and O–H groups in total. The van der Waals surface area contributed by atoms with Crippen molar-refractivity contribution in [2.45, 2.75) is 39.2 Å². The zero-order valence-electron chi connectivity index (χ0n) is 11.9. The Hall–Kier alpha value is 0.360. The first-order chi connectivity index (χ1) is 8.88. The van der Waals surface area contributed by atoms with Gasteiger partial charge in [-0.2, -0.15) is 0 Å². The Morgan fingerprint density at radius 1 is 1.20 bits per heavy atom. The van der Waals surface area contributed by atoms with Crippen molar-refractivity contribution in [1.29, 1.82) is 0 Å². The summed E-state index contributed by atoms with van der Waals surface area (Å²) in [5.74, 6) is -2.36. The molecule has 0 bridgehead atoms. The van der Waals surface area contributed by atoms with Gasteiger partial charge in [-0.05, 0) is 12.8 Å². The van der Waals surface area contributed by atoms with E-state index < -0.39 is 17.4 Å². The van der Waals surface area contributed by atoms with Crippen molar-refractivity contribution >= 4 is 34.5 Å². The Balaban J connectivity index is 0.00000361. The van der Waals surface area contributed by atoms with Gasteiger partial charge in [0.05, 0.1) is 17.5 Å². The monoisotopic (exact) mass is 511 g/mol. The van der Waals surface area contributed by atoms with E-state index in [0.717, 1.165) is 30.4 Å². The van der Waals surface area contributed by atoms with Crippen LogP contribution in [-0.4, -0.2) is 56.7 Å². The first kappa shape index (κ1) is 20.4. The minimum absolute atomic E-state index is 0. The van der Waals surface area contributed by atoms with Gasteiger partial charge in [0.15, 0.2) is 0 Å². The molecule has 0 aromatic carbocycles. The summed E-state index contributed by atoms with van der Waals surface area (Å²) >= 11 is 2.26. The number of carboxylic acids is 2. The third-order valence-corrected chi connectivity index (χ3v) is 5.29. The van der Waals surface area contributed by atoms with Gasteiger partial charge in [-0.15, -0.1) is 0 Å². The van der Waals surface area contributed by atoms with Crippen LogP contribution in [0.3, 0.4) is 0 Å². The second-order valence-electron chi connectivity index (χ2n) is 5.53. The Morgan fingerprint density at radius 2 is 1.65 bits per heavy atom. The molecule has 1 atom stereocenters. The number of alkyl halides is 1. The zero-order chi connectivity index (χ0) is 14.7. The van der Waals surface area contributed by atoms with E-state index in [0.29, 0.717) is 4.48 Å². The Kier molecular flexibility index (Phi) is 8.26. The average molecular weight is 511 g/mol. The van der Waals surface area contributed by atoms with E-state index in [1.807, 2.05) is 0 Å². The molecule has 1 unspecified atom stereocenters. The Bertz CT molecular complexity index is 342. The summed E-state index contributed by atoms with van der Waals surface area (Å²) in [5, 5.41) is 18.8. The Morgan fingerprint density at radius 3 is 1.95 bits per heavy atom. The molecule has 0 spiro atoms. The molecule has 1 fully saturated rings.